The number of carbonyl (C=O) groups is 1. The summed E-state index contributed by atoms with van der Waals surface area (Å²) in [6.07, 6.45) is 7.79. The van der Waals surface area contributed by atoms with Crippen molar-refractivity contribution < 1.29 is 9.53 Å². The third-order valence-electron chi connectivity index (χ3n) is 4.55. The van der Waals surface area contributed by atoms with E-state index in [-0.39, 0.29) is 12.1 Å². The Morgan fingerprint density at radius 2 is 1.80 bits per heavy atom. The Labute approximate surface area is 120 Å². The minimum absolute atomic E-state index is 0.0737. The molecular weight excluding hydrogens is 250 g/mol. The van der Waals surface area contributed by atoms with Gasteiger partial charge in [0, 0.05) is 19.1 Å². The van der Waals surface area contributed by atoms with Gasteiger partial charge in [-0.25, -0.2) is 4.79 Å². The van der Waals surface area contributed by atoms with Gasteiger partial charge in [-0.1, -0.05) is 37.5 Å². The van der Waals surface area contributed by atoms with Crippen LogP contribution >= 0.6 is 0 Å². The van der Waals surface area contributed by atoms with E-state index in [2.05, 4.69) is 4.90 Å². The standard InChI is InChI=1S/C17H23NO2/c19-17(14-7-3-1-4-8-14)20-16-11-12-18(13-16)15-9-5-2-6-10-15/h1,3-4,7-8,15-16H,2,5-6,9-13H2/t16-/m1/s1. The minimum atomic E-state index is -0.180. The molecule has 0 N–H and O–H groups in total. The molecule has 1 aromatic rings. The van der Waals surface area contributed by atoms with Gasteiger partial charge in [0.2, 0.25) is 0 Å². The van der Waals surface area contributed by atoms with E-state index in [0.29, 0.717) is 5.56 Å². The molecule has 1 aliphatic heterocycles. The zero-order valence-electron chi connectivity index (χ0n) is 12.0. The summed E-state index contributed by atoms with van der Waals surface area (Å²) in [5.41, 5.74) is 0.656. The van der Waals surface area contributed by atoms with Crippen molar-refractivity contribution in [3.05, 3.63) is 35.9 Å². The molecule has 0 aromatic heterocycles. The number of esters is 1. The lowest BCUT2D eigenvalue weighted by atomic mass is 9.94. The highest BCUT2D eigenvalue weighted by molar-refractivity contribution is 5.89. The predicted octanol–water partition coefficient (Wildman–Crippen LogP) is 3.25. The number of nitrogens with zero attached hydrogens (tertiary/aromatic N) is 1. The SMILES string of the molecule is O=C(O[C@@H]1CCN(C2CCCCC2)C1)c1ccccc1. The first kappa shape index (κ1) is 13.6. The van der Waals surface area contributed by atoms with Crippen LogP contribution in [0.25, 0.3) is 0 Å². The maximum absolute atomic E-state index is 12.0. The monoisotopic (exact) mass is 273 g/mol. The molecule has 1 atom stereocenters. The van der Waals surface area contributed by atoms with Crippen LogP contribution in [0.3, 0.4) is 0 Å². The molecule has 1 aliphatic carbocycles. The zero-order valence-corrected chi connectivity index (χ0v) is 12.0. The second-order valence-electron chi connectivity index (χ2n) is 5.97. The number of benzene rings is 1. The fourth-order valence-corrected chi connectivity index (χ4v) is 3.42. The lowest BCUT2D eigenvalue weighted by Crippen LogP contribution is -2.36. The average Bonchev–Trinajstić information content (AvgIpc) is 2.97. The fourth-order valence-electron chi connectivity index (χ4n) is 3.42. The number of ether oxygens (including phenoxy) is 1. The summed E-state index contributed by atoms with van der Waals surface area (Å²) >= 11 is 0. The minimum Gasteiger partial charge on any atom is -0.457 e. The summed E-state index contributed by atoms with van der Waals surface area (Å²) in [7, 11) is 0. The van der Waals surface area contributed by atoms with Crippen LogP contribution in [0.1, 0.15) is 48.9 Å². The number of carbonyl (C=O) groups excluding carboxylic acids is 1. The molecule has 0 radical (unpaired) electrons. The van der Waals surface area contributed by atoms with Gasteiger partial charge in [0.15, 0.2) is 0 Å². The Hall–Kier alpha value is -1.35. The second kappa shape index (κ2) is 6.40. The summed E-state index contributed by atoms with van der Waals surface area (Å²) in [5, 5.41) is 0. The summed E-state index contributed by atoms with van der Waals surface area (Å²) in [6, 6.07) is 10.0. The van der Waals surface area contributed by atoms with Crippen molar-refractivity contribution >= 4 is 5.97 Å². The molecule has 1 saturated heterocycles. The maximum atomic E-state index is 12.0. The third kappa shape index (κ3) is 3.21. The van der Waals surface area contributed by atoms with E-state index in [9.17, 15) is 4.79 Å². The van der Waals surface area contributed by atoms with Crippen LogP contribution in [0.5, 0.6) is 0 Å². The second-order valence-corrected chi connectivity index (χ2v) is 5.97. The number of hydrogen-bond acceptors (Lipinski definition) is 3. The van der Waals surface area contributed by atoms with Crippen LogP contribution in [0.2, 0.25) is 0 Å². The molecule has 108 valence electrons. The summed E-state index contributed by atoms with van der Waals surface area (Å²) in [5.74, 6) is -0.180. The van der Waals surface area contributed by atoms with Gasteiger partial charge in [-0.3, -0.25) is 4.90 Å². The van der Waals surface area contributed by atoms with E-state index >= 15 is 0 Å². The van der Waals surface area contributed by atoms with E-state index in [1.54, 1.807) is 0 Å². The van der Waals surface area contributed by atoms with Crippen LogP contribution in [-0.2, 0) is 4.74 Å². The van der Waals surface area contributed by atoms with Gasteiger partial charge in [-0.05, 0) is 31.4 Å². The van der Waals surface area contributed by atoms with Gasteiger partial charge in [-0.2, -0.15) is 0 Å². The molecule has 0 spiro atoms. The van der Waals surface area contributed by atoms with Gasteiger partial charge >= 0.3 is 5.97 Å². The first-order valence-electron chi connectivity index (χ1n) is 7.83. The van der Waals surface area contributed by atoms with Gasteiger partial charge in [0.25, 0.3) is 0 Å². The van der Waals surface area contributed by atoms with Crippen molar-refractivity contribution in [1.82, 2.24) is 4.90 Å². The molecule has 3 rings (SSSR count). The molecule has 0 bridgehead atoms. The molecule has 2 fully saturated rings. The molecule has 1 aromatic carbocycles. The highest BCUT2D eigenvalue weighted by atomic mass is 16.5. The largest absolute Gasteiger partial charge is 0.457 e. The molecule has 0 amide bonds. The topological polar surface area (TPSA) is 29.5 Å². The van der Waals surface area contributed by atoms with Crippen LogP contribution in [0, 0.1) is 0 Å². The van der Waals surface area contributed by atoms with Crippen LogP contribution in [0.4, 0.5) is 0 Å². The number of rotatable bonds is 3. The lowest BCUT2D eigenvalue weighted by Gasteiger charge is -2.30. The predicted molar refractivity (Wildman–Crippen MR) is 78.7 cm³/mol. The molecular formula is C17H23NO2. The van der Waals surface area contributed by atoms with Gasteiger partial charge < -0.3 is 4.74 Å². The van der Waals surface area contributed by atoms with Crippen molar-refractivity contribution in [3.63, 3.8) is 0 Å². The molecule has 3 nitrogen and oxygen atoms in total. The first-order chi connectivity index (χ1) is 9.83. The molecule has 1 saturated carbocycles. The van der Waals surface area contributed by atoms with E-state index in [1.807, 2.05) is 30.3 Å². The molecule has 1 heterocycles. The van der Waals surface area contributed by atoms with E-state index in [4.69, 9.17) is 4.74 Å². The van der Waals surface area contributed by atoms with Gasteiger partial charge in [-0.15, -0.1) is 0 Å². The number of likely N-dealkylation sites (tertiary alicyclic amines) is 1. The Bertz CT molecular complexity index is 440. The van der Waals surface area contributed by atoms with Crippen molar-refractivity contribution in [2.45, 2.75) is 50.7 Å². The molecule has 2 aliphatic rings. The maximum Gasteiger partial charge on any atom is 0.338 e. The highest BCUT2D eigenvalue weighted by Crippen LogP contribution is 2.26. The van der Waals surface area contributed by atoms with Gasteiger partial charge in [0.05, 0.1) is 5.56 Å². The Morgan fingerprint density at radius 3 is 2.55 bits per heavy atom. The first-order valence-corrected chi connectivity index (χ1v) is 7.83. The third-order valence-corrected chi connectivity index (χ3v) is 4.55. The fraction of sp³-hybridized carbons (Fsp3) is 0.588. The van der Waals surface area contributed by atoms with E-state index < -0.39 is 0 Å². The van der Waals surface area contributed by atoms with Crippen LogP contribution in [0.15, 0.2) is 30.3 Å². The normalized spacial score (nSPS) is 24.7. The zero-order chi connectivity index (χ0) is 13.8. The quantitative estimate of drug-likeness (QED) is 0.792. The highest BCUT2D eigenvalue weighted by Gasteiger charge is 2.31. The summed E-state index contributed by atoms with van der Waals surface area (Å²) < 4.78 is 5.64. The number of hydrogen-bond donors (Lipinski definition) is 0. The Kier molecular flexibility index (Phi) is 4.36. The molecule has 20 heavy (non-hydrogen) atoms. The summed E-state index contributed by atoms with van der Waals surface area (Å²) in [6.45, 7) is 2.00. The Morgan fingerprint density at radius 1 is 1.05 bits per heavy atom. The molecule has 0 unspecified atom stereocenters. The van der Waals surface area contributed by atoms with E-state index in [0.717, 1.165) is 25.6 Å². The molecule has 3 heteroatoms. The van der Waals surface area contributed by atoms with Crippen molar-refractivity contribution in [2.24, 2.45) is 0 Å². The van der Waals surface area contributed by atoms with Crippen molar-refractivity contribution in [2.75, 3.05) is 13.1 Å². The van der Waals surface area contributed by atoms with E-state index in [1.165, 1.54) is 32.1 Å². The van der Waals surface area contributed by atoms with Crippen molar-refractivity contribution in [3.8, 4) is 0 Å². The van der Waals surface area contributed by atoms with Gasteiger partial charge in [0.1, 0.15) is 6.10 Å². The smallest absolute Gasteiger partial charge is 0.338 e. The Balaban J connectivity index is 1.51. The average molecular weight is 273 g/mol. The lowest BCUT2D eigenvalue weighted by molar-refractivity contribution is 0.0305. The van der Waals surface area contributed by atoms with Crippen LogP contribution in [-0.4, -0.2) is 36.1 Å². The summed E-state index contributed by atoms with van der Waals surface area (Å²) in [4.78, 5) is 14.6. The van der Waals surface area contributed by atoms with Crippen LogP contribution < -0.4 is 0 Å². The van der Waals surface area contributed by atoms with Crippen molar-refractivity contribution in [1.29, 1.82) is 0 Å².